The minimum atomic E-state index is -4.82. The number of nitrogens with one attached hydrogen (secondary N) is 1. The van der Waals surface area contributed by atoms with Gasteiger partial charge in [0.15, 0.2) is 11.5 Å². The lowest BCUT2D eigenvalue weighted by atomic mass is 10.1. The van der Waals surface area contributed by atoms with Gasteiger partial charge >= 0.3 is 12.5 Å². The first-order valence-corrected chi connectivity index (χ1v) is 9.65. The highest BCUT2D eigenvalue weighted by molar-refractivity contribution is 5.94. The maximum Gasteiger partial charge on any atom is 0.573 e. The maximum atomic E-state index is 12.9. The van der Waals surface area contributed by atoms with Gasteiger partial charge in [-0.05, 0) is 54.1 Å². The summed E-state index contributed by atoms with van der Waals surface area (Å²) < 4.78 is 81.0. The summed E-state index contributed by atoms with van der Waals surface area (Å²) in [5.41, 5.74) is 0.429. The van der Waals surface area contributed by atoms with E-state index in [1.54, 1.807) is 0 Å². The topological polar surface area (TPSA) is 68.5 Å². The molecule has 2 aromatic heterocycles. The highest BCUT2D eigenvalue weighted by Gasteiger charge is 2.31. The lowest BCUT2D eigenvalue weighted by Gasteiger charge is -2.10. The maximum absolute atomic E-state index is 12.9. The van der Waals surface area contributed by atoms with Crippen molar-refractivity contribution < 1.29 is 35.9 Å². The molecule has 34 heavy (non-hydrogen) atoms. The molecule has 0 fully saturated rings. The van der Waals surface area contributed by atoms with Gasteiger partial charge in [0.25, 0.3) is 5.91 Å². The van der Waals surface area contributed by atoms with Crippen LogP contribution < -0.4 is 10.1 Å². The molecule has 1 amide bonds. The molecule has 0 aliphatic rings. The van der Waals surface area contributed by atoms with E-state index in [9.17, 15) is 31.1 Å². The number of fused-ring (bicyclic) bond motifs is 1. The van der Waals surface area contributed by atoms with Crippen molar-refractivity contribution in [2.24, 2.45) is 0 Å². The van der Waals surface area contributed by atoms with Gasteiger partial charge in [-0.15, -0.1) is 23.4 Å². The number of halogens is 6. The van der Waals surface area contributed by atoms with Crippen LogP contribution in [0.25, 0.3) is 17.0 Å². The average Bonchev–Trinajstić information content (AvgIpc) is 3.20. The van der Waals surface area contributed by atoms with Crippen LogP contribution in [0.2, 0.25) is 0 Å². The molecule has 0 atom stereocenters. The number of hydrogen-bond acceptors (Lipinski definition) is 4. The minimum Gasteiger partial charge on any atom is -0.406 e. The van der Waals surface area contributed by atoms with E-state index >= 15 is 0 Å². The molecule has 4 rings (SSSR count). The average molecular weight is 480 g/mol. The highest BCUT2D eigenvalue weighted by Crippen LogP contribution is 2.29. The Hall–Kier alpha value is -4.09. The van der Waals surface area contributed by atoms with E-state index in [1.165, 1.54) is 47.0 Å². The number of carbonyl (C=O) groups excluding carboxylic acids is 1. The molecule has 176 valence electrons. The van der Waals surface area contributed by atoms with E-state index in [0.29, 0.717) is 11.2 Å². The molecular weight excluding hydrogens is 466 g/mol. The zero-order valence-electron chi connectivity index (χ0n) is 17.0. The fourth-order valence-corrected chi connectivity index (χ4v) is 3.17. The molecule has 4 aromatic rings. The molecule has 0 saturated carbocycles. The van der Waals surface area contributed by atoms with E-state index < -0.39 is 29.8 Å². The lowest BCUT2D eigenvalue weighted by molar-refractivity contribution is -0.274. The van der Waals surface area contributed by atoms with E-state index in [-0.39, 0.29) is 23.5 Å². The van der Waals surface area contributed by atoms with Crippen molar-refractivity contribution in [2.45, 2.75) is 19.1 Å². The Morgan fingerprint density at radius 3 is 2.35 bits per heavy atom. The Bertz CT molecular complexity index is 1330. The summed E-state index contributed by atoms with van der Waals surface area (Å²) in [6.07, 6.45) is -7.89. The minimum absolute atomic E-state index is 0.128. The quantitative estimate of drug-likeness (QED) is 0.397. The SMILES string of the molecule is O=C(NCc1cccc(C(F)(F)F)c1)c1ccc2nnc(-c3ccc(OC(F)(F)F)cc3)n2c1. The van der Waals surface area contributed by atoms with Gasteiger partial charge in [-0.1, -0.05) is 12.1 Å². The Balaban J connectivity index is 1.52. The molecule has 0 aliphatic carbocycles. The predicted molar refractivity (Wildman–Crippen MR) is 108 cm³/mol. The first kappa shape index (κ1) is 23.1. The molecule has 0 aliphatic heterocycles. The van der Waals surface area contributed by atoms with E-state index in [0.717, 1.165) is 24.3 Å². The largest absolute Gasteiger partial charge is 0.573 e. The van der Waals surface area contributed by atoms with Gasteiger partial charge in [0.1, 0.15) is 5.75 Å². The molecule has 0 saturated heterocycles. The first-order chi connectivity index (χ1) is 16.0. The lowest BCUT2D eigenvalue weighted by Crippen LogP contribution is -2.23. The molecule has 12 heteroatoms. The number of ether oxygens (including phenoxy) is 1. The molecular formula is C22H14F6N4O2. The summed E-state index contributed by atoms with van der Waals surface area (Å²) >= 11 is 0. The van der Waals surface area contributed by atoms with Crippen molar-refractivity contribution in [3.63, 3.8) is 0 Å². The van der Waals surface area contributed by atoms with Crippen LogP contribution in [0.15, 0.2) is 66.9 Å². The smallest absolute Gasteiger partial charge is 0.406 e. The number of hydrogen-bond donors (Lipinski definition) is 1. The molecule has 2 heterocycles. The zero-order valence-corrected chi connectivity index (χ0v) is 17.0. The molecule has 0 radical (unpaired) electrons. The Morgan fingerprint density at radius 1 is 0.941 bits per heavy atom. The van der Waals surface area contributed by atoms with Gasteiger partial charge in [0.05, 0.1) is 11.1 Å². The zero-order chi connectivity index (χ0) is 24.5. The van der Waals surface area contributed by atoms with Crippen LogP contribution in [-0.2, 0) is 12.7 Å². The van der Waals surface area contributed by atoms with Crippen molar-refractivity contribution in [1.82, 2.24) is 19.9 Å². The second-order valence-corrected chi connectivity index (χ2v) is 7.12. The fourth-order valence-electron chi connectivity index (χ4n) is 3.17. The number of aromatic nitrogens is 3. The number of pyridine rings is 1. The van der Waals surface area contributed by atoms with Gasteiger partial charge in [-0.25, -0.2) is 0 Å². The van der Waals surface area contributed by atoms with Gasteiger partial charge in [-0.3, -0.25) is 9.20 Å². The standard InChI is InChI=1S/C22H14F6N4O2/c23-21(24,25)16-3-1-2-13(10-16)11-29-20(33)15-6-9-18-30-31-19(32(18)12-15)14-4-7-17(8-5-14)34-22(26,27)28/h1-10,12H,11H2,(H,29,33). The van der Waals surface area contributed by atoms with Crippen LogP contribution >= 0.6 is 0 Å². The van der Waals surface area contributed by atoms with E-state index in [4.69, 9.17) is 0 Å². The summed E-state index contributed by atoms with van der Waals surface area (Å²) in [5, 5.41) is 10.5. The summed E-state index contributed by atoms with van der Waals surface area (Å²) in [4.78, 5) is 12.6. The molecule has 6 nitrogen and oxygen atoms in total. The molecule has 1 N–H and O–H groups in total. The van der Waals surface area contributed by atoms with Crippen LogP contribution in [-0.4, -0.2) is 26.9 Å². The van der Waals surface area contributed by atoms with Gasteiger partial charge in [0.2, 0.25) is 0 Å². The van der Waals surface area contributed by atoms with Crippen LogP contribution in [0.5, 0.6) is 5.75 Å². The number of alkyl halides is 6. The second kappa shape index (κ2) is 8.69. The number of carbonyl (C=O) groups is 1. The fraction of sp³-hybridized carbons (Fsp3) is 0.136. The first-order valence-electron chi connectivity index (χ1n) is 9.65. The number of benzene rings is 2. The third kappa shape index (κ3) is 5.27. The summed E-state index contributed by atoms with van der Waals surface area (Å²) in [6.45, 7) is -0.128. The summed E-state index contributed by atoms with van der Waals surface area (Å²) in [5.74, 6) is -0.686. The monoisotopic (exact) mass is 480 g/mol. The number of nitrogens with zero attached hydrogens (tertiary/aromatic N) is 3. The van der Waals surface area contributed by atoms with Crippen molar-refractivity contribution in [3.05, 3.63) is 83.6 Å². The van der Waals surface area contributed by atoms with Crippen LogP contribution in [0.4, 0.5) is 26.3 Å². The molecule has 0 bridgehead atoms. The molecule has 0 unspecified atom stereocenters. The van der Waals surface area contributed by atoms with Gasteiger partial charge < -0.3 is 10.1 Å². The summed E-state index contributed by atoms with van der Waals surface area (Å²) in [6, 6.07) is 12.5. The Kier molecular flexibility index (Phi) is 5.90. The Labute approximate surface area is 187 Å². The second-order valence-electron chi connectivity index (χ2n) is 7.12. The van der Waals surface area contributed by atoms with Crippen molar-refractivity contribution in [3.8, 4) is 17.1 Å². The van der Waals surface area contributed by atoms with Crippen molar-refractivity contribution in [2.75, 3.05) is 0 Å². The highest BCUT2D eigenvalue weighted by atomic mass is 19.4. The Morgan fingerprint density at radius 2 is 1.68 bits per heavy atom. The van der Waals surface area contributed by atoms with Crippen molar-refractivity contribution in [1.29, 1.82) is 0 Å². The van der Waals surface area contributed by atoms with Gasteiger partial charge in [-0.2, -0.15) is 13.2 Å². The third-order valence-corrected chi connectivity index (χ3v) is 4.72. The third-order valence-electron chi connectivity index (χ3n) is 4.72. The predicted octanol–water partition coefficient (Wildman–Crippen LogP) is 5.24. The molecule has 0 spiro atoms. The number of rotatable bonds is 5. The normalized spacial score (nSPS) is 12.1. The summed E-state index contributed by atoms with van der Waals surface area (Å²) in [7, 11) is 0. The van der Waals surface area contributed by atoms with Crippen LogP contribution in [0.1, 0.15) is 21.5 Å². The van der Waals surface area contributed by atoms with E-state index in [2.05, 4.69) is 20.3 Å². The van der Waals surface area contributed by atoms with Gasteiger partial charge in [0, 0.05) is 18.3 Å². The molecule has 2 aromatic carbocycles. The van der Waals surface area contributed by atoms with Crippen LogP contribution in [0.3, 0.4) is 0 Å². The van der Waals surface area contributed by atoms with E-state index in [1.807, 2.05) is 0 Å². The van der Waals surface area contributed by atoms with Crippen LogP contribution in [0, 0.1) is 0 Å². The number of amides is 1. The van der Waals surface area contributed by atoms with Crippen molar-refractivity contribution >= 4 is 11.6 Å².